The predicted octanol–water partition coefficient (Wildman–Crippen LogP) is 0.434. The summed E-state index contributed by atoms with van der Waals surface area (Å²) < 4.78 is 1.65. The Morgan fingerprint density at radius 3 is 2.81 bits per heavy atom. The second-order valence-electron chi connectivity index (χ2n) is 3.94. The van der Waals surface area contributed by atoms with Gasteiger partial charge in [-0.1, -0.05) is 12.2 Å². The van der Waals surface area contributed by atoms with Crippen LogP contribution in [0.2, 0.25) is 0 Å². The molecule has 0 fully saturated rings. The minimum Gasteiger partial charge on any atom is -0.389 e. The fourth-order valence-corrected chi connectivity index (χ4v) is 1.61. The second-order valence-corrected chi connectivity index (χ2v) is 4.38. The summed E-state index contributed by atoms with van der Waals surface area (Å²) in [4.78, 5) is 14.1. The van der Waals surface area contributed by atoms with Crippen LogP contribution in [0.1, 0.15) is 12.0 Å². The summed E-state index contributed by atoms with van der Waals surface area (Å²) in [6.07, 6.45) is 2.69. The molecule has 1 aromatic rings. The van der Waals surface area contributed by atoms with Gasteiger partial charge in [0.2, 0.25) is 0 Å². The highest BCUT2D eigenvalue weighted by Crippen LogP contribution is 1.94. The van der Waals surface area contributed by atoms with Gasteiger partial charge in [-0.15, -0.1) is 0 Å². The standard InChI is InChI=1S/C11H17N3OS/c1-13(2)6-4-8-14-7-3-5-9(10(12)16)11(14)15/h3,5,7H,4,6,8H2,1-2H3,(H2,12,16). The molecule has 0 amide bonds. The second kappa shape index (κ2) is 5.77. The van der Waals surface area contributed by atoms with Crippen molar-refractivity contribution in [2.24, 2.45) is 5.73 Å². The number of aryl methyl sites for hydroxylation is 1. The quantitative estimate of drug-likeness (QED) is 0.757. The topological polar surface area (TPSA) is 51.3 Å². The number of aromatic nitrogens is 1. The predicted molar refractivity (Wildman–Crippen MR) is 69.8 cm³/mol. The highest BCUT2D eigenvalue weighted by Gasteiger charge is 2.04. The monoisotopic (exact) mass is 239 g/mol. The average molecular weight is 239 g/mol. The van der Waals surface area contributed by atoms with Gasteiger partial charge in [0.05, 0.1) is 5.56 Å². The maximum absolute atomic E-state index is 11.9. The molecule has 1 heterocycles. The van der Waals surface area contributed by atoms with E-state index in [9.17, 15) is 4.79 Å². The highest BCUT2D eigenvalue weighted by atomic mass is 32.1. The first-order chi connectivity index (χ1) is 7.52. The van der Waals surface area contributed by atoms with E-state index in [1.54, 1.807) is 22.9 Å². The molecule has 0 spiro atoms. The van der Waals surface area contributed by atoms with Crippen molar-refractivity contribution in [2.45, 2.75) is 13.0 Å². The molecule has 0 aliphatic carbocycles. The van der Waals surface area contributed by atoms with E-state index in [-0.39, 0.29) is 10.5 Å². The summed E-state index contributed by atoms with van der Waals surface area (Å²) in [6, 6.07) is 3.46. The SMILES string of the molecule is CN(C)CCCn1cccc(C(N)=S)c1=O. The van der Waals surface area contributed by atoms with Crippen molar-refractivity contribution in [1.29, 1.82) is 0 Å². The van der Waals surface area contributed by atoms with Gasteiger partial charge >= 0.3 is 0 Å². The number of nitrogens with zero attached hydrogens (tertiary/aromatic N) is 2. The number of hydrogen-bond acceptors (Lipinski definition) is 3. The lowest BCUT2D eigenvalue weighted by atomic mass is 10.2. The van der Waals surface area contributed by atoms with Crippen molar-refractivity contribution in [1.82, 2.24) is 9.47 Å². The zero-order valence-electron chi connectivity index (χ0n) is 9.64. The van der Waals surface area contributed by atoms with Crippen molar-refractivity contribution < 1.29 is 0 Å². The highest BCUT2D eigenvalue weighted by molar-refractivity contribution is 7.80. The van der Waals surface area contributed by atoms with Crippen LogP contribution in [0.25, 0.3) is 0 Å². The molecule has 4 nitrogen and oxygen atoms in total. The Balaban J connectivity index is 2.78. The largest absolute Gasteiger partial charge is 0.389 e. The molecule has 0 aliphatic heterocycles. The summed E-state index contributed by atoms with van der Waals surface area (Å²) in [5.41, 5.74) is 5.79. The third-order valence-corrected chi connectivity index (χ3v) is 2.51. The summed E-state index contributed by atoms with van der Waals surface area (Å²) in [5, 5.41) is 0. The van der Waals surface area contributed by atoms with Crippen molar-refractivity contribution >= 4 is 17.2 Å². The minimum atomic E-state index is -0.103. The van der Waals surface area contributed by atoms with Crippen LogP contribution in [0.15, 0.2) is 23.1 Å². The Morgan fingerprint density at radius 2 is 2.25 bits per heavy atom. The van der Waals surface area contributed by atoms with Crippen LogP contribution in [-0.4, -0.2) is 35.1 Å². The lowest BCUT2D eigenvalue weighted by molar-refractivity contribution is 0.385. The Morgan fingerprint density at radius 1 is 1.56 bits per heavy atom. The molecule has 2 N–H and O–H groups in total. The fourth-order valence-electron chi connectivity index (χ4n) is 1.46. The van der Waals surface area contributed by atoms with E-state index in [1.165, 1.54) is 0 Å². The van der Waals surface area contributed by atoms with Gasteiger partial charge in [0.25, 0.3) is 5.56 Å². The average Bonchev–Trinajstić information content (AvgIpc) is 2.19. The van der Waals surface area contributed by atoms with E-state index in [1.807, 2.05) is 14.1 Å². The number of nitrogens with two attached hydrogens (primary N) is 1. The van der Waals surface area contributed by atoms with Crippen molar-refractivity contribution in [3.05, 3.63) is 34.2 Å². The third-order valence-electron chi connectivity index (χ3n) is 2.29. The first-order valence-corrected chi connectivity index (χ1v) is 5.57. The van der Waals surface area contributed by atoms with E-state index in [0.29, 0.717) is 12.1 Å². The molecule has 0 bridgehead atoms. The Labute approximate surface area is 101 Å². The number of rotatable bonds is 5. The molecule has 0 atom stereocenters. The molecule has 0 aromatic carbocycles. The number of thiocarbonyl (C=S) groups is 1. The molecule has 0 aliphatic rings. The fraction of sp³-hybridized carbons (Fsp3) is 0.455. The summed E-state index contributed by atoms with van der Waals surface area (Å²) in [6.45, 7) is 1.64. The van der Waals surface area contributed by atoms with E-state index in [0.717, 1.165) is 13.0 Å². The first kappa shape index (κ1) is 12.9. The van der Waals surface area contributed by atoms with Crippen LogP contribution in [0.4, 0.5) is 0 Å². The van der Waals surface area contributed by atoms with Gasteiger partial charge in [0.15, 0.2) is 0 Å². The maximum Gasteiger partial charge on any atom is 0.260 e. The van der Waals surface area contributed by atoms with Gasteiger partial charge in [-0.25, -0.2) is 0 Å². The lowest BCUT2D eigenvalue weighted by Crippen LogP contribution is -2.29. The van der Waals surface area contributed by atoms with E-state index in [4.69, 9.17) is 18.0 Å². The zero-order chi connectivity index (χ0) is 12.1. The van der Waals surface area contributed by atoms with Crippen LogP contribution in [0, 0.1) is 0 Å². The van der Waals surface area contributed by atoms with Crippen LogP contribution in [0.3, 0.4) is 0 Å². The normalized spacial score (nSPS) is 10.7. The molecule has 16 heavy (non-hydrogen) atoms. The van der Waals surface area contributed by atoms with Gasteiger partial charge in [-0.05, 0) is 39.2 Å². The summed E-state index contributed by atoms with van der Waals surface area (Å²) in [7, 11) is 4.02. The molecular formula is C11H17N3OS. The Bertz CT molecular complexity index is 425. The van der Waals surface area contributed by atoms with E-state index in [2.05, 4.69) is 4.90 Å². The Kier molecular flexibility index (Phi) is 4.64. The number of pyridine rings is 1. The molecule has 88 valence electrons. The maximum atomic E-state index is 11.9. The molecule has 0 radical (unpaired) electrons. The molecule has 0 saturated carbocycles. The molecule has 1 aromatic heterocycles. The number of hydrogen-bond donors (Lipinski definition) is 1. The van der Waals surface area contributed by atoms with Crippen molar-refractivity contribution in [3.8, 4) is 0 Å². The lowest BCUT2D eigenvalue weighted by Gasteiger charge is -2.11. The van der Waals surface area contributed by atoms with Gasteiger partial charge in [-0.2, -0.15) is 0 Å². The van der Waals surface area contributed by atoms with Gasteiger partial charge in [0, 0.05) is 12.7 Å². The van der Waals surface area contributed by atoms with Crippen LogP contribution in [-0.2, 0) is 6.54 Å². The van der Waals surface area contributed by atoms with E-state index >= 15 is 0 Å². The Hall–Kier alpha value is -1.20. The molecule has 0 unspecified atom stereocenters. The molecular weight excluding hydrogens is 222 g/mol. The van der Waals surface area contributed by atoms with Gasteiger partial charge < -0.3 is 15.2 Å². The molecule has 0 saturated heterocycles. The van der Waals surface area contributed by atoms with Crippen LogP contribution < -0.4 is 11.3 Å². The minimum absolute atomic E-state index is 0.103. The molecule has 5 heteroatoms. The summed E-state index contributed by atoms with van der Waals surface area (Å²) >= 11 is 4.82. The molecule has 1 rings (SSSR count). The van der Waals surface area contributed by atoms with E-state index < -0.39 is 0 Å². The third kappa shape index (κ3) is 3.43. The zero-order valence-corrected chi connectivity index (χ0v) is 10.5. The van der Waals surface area contributed by atoms with Crippen molar-refractivity contribution in [2.75, 3.05) is 20.6 Å². The first-order valence-electron chi connectivity index (χ1n) is 5.16. The van der Waals surface area contributed by atoms with Crippen molar-refractivity contribution in [3.63, 3.8) is 0 Å². The van der Waals surface area contributed by atoms with Crippen LogP contribution >= 0.6 is 12.2 Å². The smallest absolute Gasteiger partial charge is 0.260 e. The van der Waals surface area contributed by atoms with Crippen LogP contribution in [0.5, 0.6) is 0 Å². The summed E-state index contributed by atoms with van der Waals surface area (Å²) in [5.74, 6) is 0. The van der Waals surface area contributed by atoms with Gasteiger partial charge in [-0.3, -0.25) is 4.79 Å². The van der Waals surface area contributed by atoms with Gasteiger partial charge in [0.1, 0.15) is 4.99 Å².